The zero-order valence-electron chi connectivity index (χ0n) is 8.59. The highest BCUT2D eigenvalue weighted by atomic mass is 79.9. The molecule has 0 fully saturated rings. The maximum absolute atomic E-state index is 10.9. The van der Waals surface area contributed by atoms with Crippen LogP contribution in [0.15, 0.2) is 10.5 Å². The lowest BCUT2D eigenvalue weighted by Gasteiger charge is -2.12. The summed E-state index contributed by atoms with van der Waals surface area (Å²) in [5.41, 5.74) is 0. The molecule has 15 heavy (non-hydrogen) atoms. The van der Waals surface area contributed by atoms with Crippen LogP contribution in [0.2, 0.25) is 0 Å². The van der Waals surface area contributed by atoms with Crippen molar-refractivity contribution in [2.45, 2.75) is 6.92 Å². The molecule has 0 spiro atoms. The molecule has 0 aliphatic rings. The molecule has 1 radical (unpaired) electrons. The van der Waals surface area contributed by atoms with Gasteiger partial charge < -0.3 is 14.2 Å². The molecule has 81 valence electrons. The van der Waals surface area contributed by atoms with E-state index in [4.69, 9.17) is 14.2 Å². The number of ether oxygens (including phenoxy) is 3. The van der Waals surface area contributed by atoms with Crippen molar-refractivity contribution in [3.05, 3.63) is 16.6 Å². The van der Waals surface area contributed by atoms with Gasteiger partial charge in [-0.3, -0.25) is 4.79 Å². The average Bonchev–Trinajstić information content (AvgIpc) is 2.18. The number of rotatable bonds is 3. The molecule has 0 heterocycles. The minimum Gasteiger partial charge on any atom is -0.493 e. The molecule has 0 aliphatic heterocycles. The van der Waals surface area contributed by atoms with Crippen molar-refractivity contribution in [3.8, 4) is 17.2 Å². The zero-order chi connectivity index (χ0) is 11.4. The van der Waals surface area contributed by atoms with Crippen LogP contribution in [0.5, 0.6) is 17.2 Å². The van der Waals surface area contributed by atoms with Gasteiger partial charge in [0.1, 0.15) is 0 Å². The lowest BCUT2D eigenvalue weighted by atomic mass is 10.3. The molecular formula is C10H10BrO4. The van der Waals surface area contributed by atoms with Crippen LogP contribution in [0, 0.1) is 6.07 Å². The van der Waals surface area contributed by atoms with Crippen molar-refractivity contribution in [3.63, 3.8) is 0 Å². The third-order valence-corrected chi connectivity index (χ3v) is 2.22. The Kier molecular flexibility index (Phi) is 3.96. The van der Waals surface area contributed by atoms with E-state index in [2.05, 4.69) is 22.0 Å². The number of esters is 1. The molecule has 1 aromatic carbocycles. The summed E-state index contributed by atoms with van der Waals surface area (Å²) in [7, 11) is 2.95. The Morgan fingerprint density at radius 1 is 1.33 bits per heavy atom. The van der Waals surface area contributed by atoms with Crippen LogP contribution in [0.3, 0.4) is 0 Å². The standard InChI is InChI=1S/C10H10BrO4/c1-6(12)15-10-8(13-2)5-4-7(11)9(10)14-3/h5H,1-3H3. The number of carbonyl (C=O) groups excluding carboxylic acids is 1. The van der Waals surface area contributed by atoms with Crippen LogP contribution >= 0.6 is 15.9 Å². The van der Waals surface area contributed by atoms with Crippen LogP contribution in [0.25, 0.3) is 0 Å². The summed E-state index contributed by atoms with van der Waals surface area (Å²) < 4.78 is 15.7. The number of carbonyl (C=O) groups is 1. The topological polar surface area (TPSA) is 44.8 Å². The van der Waals surface area contributed by atoms with Crippen LogP contribution in [0.1, 0.15) is 6.92 Å². The summed E-state index contributed by atoms with van der Waals surface area (Å²) in [6, 6.07) is 4.42. The Labute approximate surface area is 96.3 Å². The number of benzene rings is 1. The van der Waals surface area contributed by atoms with Gasteiger partial charge in [-0.25, -0.2) is 0 Å². The highest BCUT2D eigenvalue weighted by molar-refractivity contribution is 9.10. The van der Waals surface area contributed by atoms with E-state index in [1.807, 2.05) is 0 Å². The number of hydrogen-bond donors (Lipinski definition) is 0. The van der Waals surface area contributed by atoms with E-state index in [0.29, 0.717) is 16.0 Å². The van der Waals surface area contributed by atoms with Crippen molar-refractivity contribution in [2.24, 2.45) is 0 Å². The second-order valence-electron chi connectivity index (χ2n) is 2.63. The fourth-order valence-electron chi connectivity index (χ4n) is 1.05. The van der Waals surface area contributed by atoms with Gasteiger partial charge in [-0.2, -0.15) is 0 Å². The van der Waals surface area contributed by atoms with Crippen molar-refractivity contribution < 1.29 is 19.0 Å². The van der Waals surface area contributed by atoms with Gasteiger partial charge in [-0.1, -0.05) is 0 Å². The molecule has 0 atom stereocenters. The third kappa shape index (κ3) is 2.62. The van der Waals surface area contributed by atoms with Crippen molar-refractivity contribution >= 4 is 21.9 Å². The van der Waals surface area contributed by atoms with E-state index >= 15 is 0 Å². The molecule has 1 aromatic rings. The van der Waals surface area contributed by atoms with Gasteiger partial charge in [-0.15, -0.1) is 0 Å². The minimum absolute atomic E-state index is 0.248. The van der Waals surface area contributed by atoms with Crippen molar-refractivity contribution in [1.82, 2.24) is 0 Å². The van der Waals surface area contributed by atoms with Crippen LogP contribution < -0.4 is 14.2 Å². The molecule has 5 heteroatoms. The van der Waals surface area contributed by atoms with Gasteiger partial charge in [-0.05, 0) is 22.0 Å². The van der Waals surface area contributed by atoms with Gasteiger partial charge >= 0.3 is 5.97 Å². The largest absolute Gasteiger partial charge is 0.493 e. The Morgan fingerprint density at radius 2 is 2.00 bits per heavy atom. The summed E-state index contributed by atoms with van der Waals surface area (Å²) >= 11 is 3.23. The Hall–Kier alpha value is -1.23. The lowest BCUT2D eigenvalue weighted by molar-refractivity contribution is -0.132. The predicted octanol–water partition coefficient (Wildman–Crippen LogP) is 2.19. The maximum atomic E-state index is 10.9. The minimum atomic E-state index is -0.440. The third-order valence-electron chi connectivity index (χ3n) is 1.63. The van der Waals surface area contributed by atoms with Gasteiger partial charge in [0, 0.05) is 13.0 Å². The van der Waals surface area contributed by atoms with E-state index < -0.39 is 5.97 Å². The maximum Gasteiger partial charge on any atom is 0.308 e. The second-order valence-corrected chi connectivity index (χ2v) is 3.42. The molecule has 0 amide bonds. The summed E-state index contributed by atoms with van der Waals surface area (Å²) in [5.74, 6) is 0.581. The highest BCUT2D eigenvalue weighted by Gasteiger charge is 2.17. The predicted molar refractivity (Wildman–Crippen MR) is 57.4 cm³/mol. The van der Waals surface area contributed by atoms with Crippen molar-refractivity contribution in [1.29, 1.82) is 0 Å². The Morgan fingerprint density at radius 3 is 2.47 bits per heavy atom. The first-order chi connectivity index (χ1) is 7.10. The molecule has 0 aliphatic carbocycles. The molecule has 4 nitrogen and oxygen atoms in total. The van der Waals surface area contributed by atoms with Gasteiger partial charge in [0.25, 0.3) is 0 Å². The van der Waals surface area contributed by atoms with Crippen LogP contribution in [0.4, 0.5) is 0 Å². The normalized spacial score (nSPS) is 9.60. The average molecular weight is 274 g/mol. The Balaban J connectivity index is 3.26. The fourth-order valence-corrected chi connectivity index (χ4v) is 1.50. The monoisotopic (exact) mass is 273 g/mol. The first kappa shape index (κ1) is 11.8. The van der Waals surface area contributed by atoms with E-state index in [9.17, 15) is 4.79 Å². The molecule has 0 saturated heterocycles. The van der Waals surface area contributed by atoms with Crippen molar-refractivity contribution in [2.75, 3.05) is 14.2 Å². The number of hydrogen-bond acceptors (Lipinski definition) is 4. The van der Waals surface area contributed by atoms with Gasteiger partial charge in [0.2, 0.25) is 5.75 Å². The van der Waals surface area contributed by atoms with E-state index in [0.717, 1.165) is 0 Å². The second kappa shape index (κ2) is 5.02. The fraction of sp³-hybridized carbons (Fsp3) is 0.300. The summed E-state index contributed by atoms with van der Waals surface area (Å²) in [6.45, 7) is 1.31. The smallest absolute Gasteiger partial charge is 0.308 e. The van der Waals surface area contributed by atoms with Crippen LogP contribution in [-0.2, 0) is 4.79 Å². The SMILES string of the molecule is COc1c[c]c(Br)c(OC)c1OC(C)=O. The number of methoxy groups -OCH3 is 2. The summed E-state index contributed by atoms with van der Waals surface area (Å²) in [5, 5.41) is 0. The highest BCUT2D eigenvalue weighted by Crippen LogP contribution is 2.42. The summed E-state index contributed by atoms with van der Waals surface area (Å²) in [4.78, 5) is 10.9. The quantitative estimate of drug-likeness (QED) is 0.626. The molecule has 0 unspecified atom stereocenters. The first-order valence-corrected chi connectivity index (χ1v) is 4.90. The van der Waals surface area contributed by atoms with Gasteiger partial charge in [0.15, 0.2) is 11.5 Å². The number of halogens is 1. The van der Waals surface area contributed by atoms with Crippen LogP contribution in [-0.4, -0.2) is 20.2 Å². The first-order valence-electron chi connectivity index (χ1n) is 4.10. The van der Waals surface area contributed by atoms with E-state index in [1.54, 1.807) is 6.07 Å². The molecule has 0 bridgehead atoms. The molecule has 0 aromatic heterocycles. The molecule has 1 rings (SSSR count). The molecular weight excluding hydrogens is 264 g/mol. The Bertz CT molecular complexity index is 376. The summed E-state index contributed by atoms with van der Waals surface area (Å²) in [6.07, 6.45) is 0. The molecule has 0 N–H and O–H groups in total. The zero-order valence-corrected chi connectivity index (χ0v) is 10.2. The lowest BCUT2D eigenvalue weighted by Crippen LogP contribution is -2.05. The van der Waals surface area contributed by atoms with Gasteiger partial charge in [0.05, 0.1) is 18.7 Å². The van der Waals surface area contributed by atoms with E-state index in [-0.39, 0.29) is 5.75 Å². The molecule has 0 saturated carbocycles. The van der Waals surface area contributed by atoms with E-state index in [1.165, 1.54) is 21.1 Å².